The fraction of sp³-hybridized carbons (Fsp3) is 0.250. The molecule has 1 amide bonds. The Morgan fingerprint density at radius 2 is 2.17 bits per heavy atom. The minimum absolute atomic E-state index is 0.140. The molecule has 5 nitrogen and oxygen atoms in total. The zero-order valence-electron chi connectivity index (χ0n) is 10.1. The number of hydrogen-bond donors (Lipinski definition) is 1. The van der Waals surface area contributed by atoms with E-state index in [2.05, 4.69) is 15.2 Å². The average Bonchev–Trinajstić information content (AvgIpc) is 2.90. The van der Waals surface area contributed by atoms with Gasteiger partial charge in [0.25, 0.3) is 5.91 Å². The van der Waals surface area contributed by atoms with E-state index in [4.69, 9.17) is 0 Å². The summed E-state index contributed by atoms with van der Waals surface area (Å²) in [5.41, 5.74) is 0.466. The van der Waals surface area contributed by atoms with Crippen LogP contribution < -0.4 is 0 Å². The van der Waals surface area contributed by atoms with Crippen molar-refractivity contribution >= 4 is 5.91 Å². The number of nitrogens with one attached hydrogen (secondary N) is 1. The second-order valence-corrected chi connectivity index (χ2v) is 3.95. The quantitative estimate of drug-likeness (QED) is 0.900. The van der Waals surface area contributed by atoms with Gasteiger partial charge in [-0.05, 0) is 13.0 Å². The Bertz CT molecular complexity index is 541. The Kier molecular flexibility index (Phi) is 3.36. The second kappa shape index (κ2) is 4.95. The molecule has 0 saturated carbocycles. The molecule has 2 aromatic rings. The molecule has 1 aromatic carbocycles. The lowest BCUT2D eigenvalue weighted by Crippen LogP contribution is -2.31. The first-order valence-corrected chi connectivity index (χ1v) is 5.48. The highest BCUT2D eigenvalue weighted by atomic mass is 19.1. The number of aromatic amines is 1. The first-order valence-electron chi connectivity index (χ1n) is 5.48. The van der Waals surface area contributed by atoms with Crippen molar-refractivity contribution in [3.05, 3.63) is 47.8 Å². The van der Waals surface area contributed by atoms with Crippen LogP contribution in [0.5, 0.6) is 0 Å². The van der Waals surface area contributed by atoms with E-state index in [1.807, 2.05) is 0 Å². The minimum atomic E-state index is -0.385. The SMILES string of the molecule is CC(c1ccccc1F)N(C)C(=O)c1ncn[nH]1. The van der Waals surface area contributed by atoms with Crippen molar-refractivity contribution in [2.75, 3.05) is 7.05 Å². The van der Waals surface area contributed by atoms with Gasteiger partial charge in [0.1, 0.15) is 12.1 Å². The van der Waals surface area contributed by atoms with E-state index in [9.17, 15) is 9.18 Å². The van der Waals surface area contributed by atoms with Gasteiger partial charge < -0.3 is 4.90 Å². The second-order valence-electron chi connectivity index (χ2n) is 3.95. The van der Waals surface area contributed by atoms with Crippen LogP contribution in [0.25, 0.3) is 0 Å². The summed E-state index contributed by atoms with van der Waals surface area (Å²) >= 11 is 0. The number of H-pyrrole nitrogens is 1. The maximum absolute atomic E-state index is 13.6. The molecule has 0 aliphatic carbocycles. The van der Waals surface area contributed by atoms with Crippen LogP contribution >= 0.6 is 0 Å². The number of halogens is 1. The molecule has 0 aliphatic heterocycles. The summed E-state index contributed by atoms with van der Waals surface area (Å²) in [6.45, 7) is 1.76. The van der Waals surface area contributed by atoms with Crippen molar-refractivity contribution in [2.45, 2.75) is 13.0 Å². The van der Waals surface area contributed by atoms with Gasteiger partial charge in [0, 0.05) is 12.6 Å². The first kappa shape index (κ1) is 12.2. The van der Waals surface area contributed by atoms with Crippen LogP contribution in [0.1, 0.15) is 29.1 Å². The molecule has 2 rings (SSSR count). The molecule has 1 atom stereocenters. The van der Waals surface area contributed by atoms with Gasteiger partial charge in [-0.15, -0.1) is 0 Å². The van der Waals surface area contributed by atoms with E-state index in [0.717, 1.165) is 0 Å². The van der Waals surface area contributed by atoms with Crippen LogP contribution in [0.15, 0.2) is 30.6 Å². The number of nitrogens with zero attached hydrogens (tertiary/aromatic N) is 3. The minimum Gasteiger partial charge on any atom is -0.332 e. The number of aromatic nitrogens is 3. The monoisotopic (exact) mass is 248 g/mol. The number of rotatable bonds is 3. The lowest BCUT2D eigenvalue weighted by Gasteiger charge is -2.24. The number of carbonyl (C=O) groups excluding carboxylic acids is 1. The van der Waals surface area contributed by atoms with Gasteiger partial charge in [-0.1, -0.05) is 18.2 Å². The maximum atomic E-state index is 13.6. The molecule has 0 spiro atoms. The molecule has 1 heterocycles. The summed E-state index contributed by atoms with van der Waals surface area (Å²) in [5.74, 6) is -0.522. The Hall–Kier alpha value is -2.24. The lowest BCUT2D eigenvalue weighted by atomic mass is 10.1. The van der Waals surface area contributed by atoms with Crippen molar-refractivity contribution in [1.82, 2.24) is 20.1 Å². The van der Waals surface area contributed by atoms with Crippen LogP contribution in [0.3, 0.4) is 0 Å². The fourth-order valence-electron chi connectivity index (χ4n) is 1.67. The summed E-state index contributed by atoms with van der Waals surface area (Å²) in [7, 11) is 1.60. The van der Waals surface area contributed by atoms with E-state index in [0.29, 0.717) is 5.56 Å². The molecular formula is C12H13FN4O. The van der Waals surface area contributed by atoms with E-state index in [1.165, 1.54) is 17.3 Å². The van der Waals surface area contributed by atoms with Gasteiger partial charge in [0.05, 0.1) is 6.04 Å². The molecule has 6 heteroatoms. The lowest BCUT2D eigenvalue weighted by molar-refractivity contribution is 0.0728. The molecule has 0 bridgehead atoms. The Morgan fingerprint density at radius 3 is 2.78 bits per heavy atom. The average molecular weight is 248 g/mol. The maximum Gasteiger partial charge on any atom is 0.291 e. The molecule has 18 heavy (non-hydrogen) atoms. The van der Waals surface area contributed by atoms with Gasteiger partial charge in [-0.2, -0.15) is 5.10 Å². The smallest absolute Gasteiger partial charge is 0.291 e. The van der Waals surface area contributed by atoms with Crippen molar-refractivity contribution < 1.29 is 9.18 Å². The number of carbonyl (C=O) groups is 1. The van der Waals surface area contributed by atoms with Crippen LogP contribution in [0, 0.1) is 5.82 Å². The molecular weight excluding hydrogens is 235 g/mol. The molecule has 1 aromatic heterocycles. The van der Waals surface area contributed by atoms with E-state index < -0.39 is 0 Å². The fourth-order valence-corrected chi connectivity index (χ4v) is 1.67. The highest BCUT2D eigenvalue weighted by molar-refractivity contribution is 5.90. The number of hydrogen-bond acceptors (Lipinski definition) is 3. The number of amides is 1. The molecule has 0 fully saturated rings. The van der Waals surface area contributed by atoms with Crippen molar-refractivity contribution in [3.63, 3.8) is 0 Å². The Balaban J connectivity index is 2.22. The topological polar surface area (TPSA) is 61.9 Å². The van der Waals surface area contributed by atoms with Gasteiger partial charge in [0.15, 0.2) is 0 Å². The van der Waals surface area contributed by atoms with Crippen molar-refractivity contribution in [2.24, 2.45) is 0 Å². The van der Waals surface area contributed by atoms with Crippen molar-refractivity contribution in [1.29, 1.82) is 0 Å². The Labute approximate surface area is 104 Å². The normalized spacial score (nSPS) is 12.2. The molecule has 0 aliphatic rings. The van der Waals surface area contributed by atoms with Crippen LogP contribution in [0.4, 0.5) is 4.39 Å². The van der Waals surface area contributed by atoms with Crippen LogP contribution in [0.2, 0.25) is 0 Å². The largest absolute Gasteiger partial charge is 0.332 e. The van der Waals surface area contributed by atoms with E-state index >= 15 is 0 Å². The molecule has 1 unspecified atom stereocenters. The van der Waals surface area contributed by atoms with Crippen molar-refractivity contribution in [3.8, 4) is 0 Å². The van der Waals surface area contributed by atoms with Crippen LogP contribution in [-0.4, -0.2) is 33.0 Å². The predicted molar refractivity (Wildman–Crippen MR) is 63.3 cm³/mol. The molecule has 0 saturated heterocycles. The Morgan fingerprint density at radius 1 is 1.44 bits per heavy atom. The zero-order chi connectivity index (χ0) is 13.1. The van der Waals surface area contributed by atoms with Gasteiger partial charge >= 0.3 is 0 Å². The standard InChI is InChI=1S/C12H13FN4O/c1-8(9-5-3-4-6-10(9)13)17(2)12(18)11-14-7-15-16-11/h3-8H,1-2H3,(H,14,15,16). The predicted octanol–water partition coefficient (Wildman–Crippen LogP) is 1.78. The molecule has 94 valence electrons. The third kappa shape index (κ3) is 2.22. The zero-order valence-corrected chi connectivity index (χ0v) is 10.1. The third-order valence-electron chi connectivity index (χ3n) is 2.87. The summed E-state index contributed by atoms with van der Waals surface area (Å²) in [6.07, 6.45) is 1.26. The summed E-state index contributed by atoms with van der Waals surface area (Å²) in [4.78, 5) is 17.2. The summed E-state index contributed by atoms with van der Waals surface area (Å²) in [5, 5.41) is 6.11. The van der Waals surface area contributed by atoms with Gasteiger partial charge in [-0.25, -0.2) is 9.37 Å². The van der Waals surface area contributed by atoms with Gasteiger partial charge in [-0.3, -0.25) is 9.89 Å². The molecule has 0 radical (unpaired) electrons. The summed E-state index contributed by atoms with van der Waals surface area (Å²) < 4.78 is 13.6. The van der Waals surface area contributed by atoms with Crippen LogP contribution in [-0.2, 0) is 0 Å². The van der Waals surface area contributed by atoms with E-state index in [1.54, 1.807) is 32.2 Å². The third-order valence-corrected chi connectivity index (χ3v) is 2.87. The van der Waals surface area contributed by atoms with Gasteiger partial charge in [0.2, 0.25) is 5.82 Å². The first-order chi connectivity index (χ1) is 8.61. The molecule has 1 N–H and O–H groups in total. The highest BCUT2D eigenvalue weighted by Crippen LogP contribution is 2.22. The highest BCUT2D eigenvalue weighted by Gasteiger charge is 2.22. The van der Waals surface area contributed by atoms with E-state index in [-0.39, 0.29) is 23.6 Å². The summed E-state index contributed by atoms with van der Waals surface area (Å²) in [6, 6.07) is 6.00. The number of benzene rings is 1.